The van der Waals surface area contributed by atoms with Crippen LogP contribution in [0.5, 0.6) is 0 Å². The fourth-order valence-electron chi connectivity index (χ4n) is 5.80. The zero-order valence-electron chi connectivity index (χ0n) is 24.1. The van der Waals surface area contributed by atoms with Crippen LogP contribution in [0.2, 0.25) is 0 Å². The number of amides is 1. The molecule has 1 saturated heterocycles. The van der Waals surface area contributed by atoms with E-state index < -0.39 is 0 Å². The number of carbonyl (C=O) groups excluding carboxylic acids is 2. The second kappa shape index (κ2) is 13.2. The molecule has 5 rings (SSSR count). The topological polar surface area (TPSA) is 123 Å². The van der Waals surface area contributed by atoms with Crippen LogP contribution in [0.4, 0.5) is 11.9 Å². The summed E-state index contributed by atoms with van der Waals surface area (Å²) in [5.74, 6) is 1.25. The first-order valence-corrected chi connectivity index (χ1v) is 14.8. The Morgan fingerprint density at radius 1 is 1.12 bits per heavy atom. The van der Waals surface area contributed by atoms with E-state index in [1.165, 1.54) is 6.08 Å². The fourth-order valence-corrected chi connectivity index (χ4v) is 5.80. The lowest BCUT2D eigenvalue weighted by Crippen LogP contribution is -2.44. The fraction of sp³-hybridized carbons (Fsp3) is 0.516. The second-order valence-corrected chi connectivity index (χ2v) is 11.4. The summed E-state index contributed by atoms with van der Waals surface area (Å²) in [4.78, 5) is 34.8. The van der Waals surface area contributed by atoms with Crippen molar-refractivity contribution in [1.29, 1.82) is 0 Å². The van der Waals surface area contributed by atoms with Crippen LogP contribution in [0.3, 0.4) is 0 Å². The van der Waals surface area contributed by atoms with Gasteiger partial charge >= 0.3 is 0 Å². The minimum absolute atomic E-state index is 0.125. The number of Topliss-reactive ketones (excluding diaryl/α,β-unsaturated/α-hetero) is 1. The van der Waals surface area contributed by atoms with Gasteiger partial charge in [-0.3, -0.25) is 9.59 Å². The molecule has 2 aliphatic rings. The molecule has 10 heteroatoms. The Morgan fingerprint density at radius 2 is 1.90 bits per heavy atom. The first kappa shape index (κ1) is 28.7. The van der Waals surface area contributed by atoms with Crippen LogP contribution in [-0.4, -0.2) is 56.6 Å². The molecule has 1 amide bonds. The summed E-state index contributed by atoms with van der Waals surface area (Å²) in [6.07, 6.45) is 8.96. The first-order chi connectivity index (χ1) is 19.9. The Bertz CT molecular complexity index is 1380. The number of ether oxygens (including phenoxy) is 1. The average Bonchev–Trinajstić information content (AvgIpc) is 3.41. The van der Waals surface area contributed by atoms with E-state index in [4.69, 9.17) is 14.7 Å². The zero-order chi connectivity index (χ0) is 28.8. The number of anilines is 2. The van der Waals surface area contributed by atoms with Crippen molar-refractivity contribution >= 4 is 29.2 Å². The van der Waals surface area contributed by atoms with Crippen molar-refractivity contribution in [2.75, 3.05) is 23.8 Å². The number of ketones is 1. The number of fused-ring (bicyclic) bond motifs is 1. The van der Waals surface area contributed by atoms with Crippen LogP contribution in [0.1, 0.15) is 75.0 Å². The van der Waals surface area contributed by atoms with Gasteiger partial charge in [0, 0.05) is 49.7 Å². The molecule has 3 N–H and O–H groups in total. The van der Waals surface area contributed by atoms with Crippen LogP contribution in [0, 0.1) is 5.92 Å². The van der Waals surface area contributed by atoms with E-state index in [1.54, 1.807) is 4.52 Å². The summed E-state index contributed by atoms with van der Waals surface area (Å²) in [5.41, 5.74) is 3.86. The highest BCUT2D eigenvalue weighted by molar-refractivity contribution is 5.89. The summed E-state index contributed by atoms with van der Waals surface area (Å²) < 4.78 is 7.26. The van der Waals surface area contributed by atoms with E-state index in [9.17, 15) is 9.59 Å². The van der Waals surface area contributed by atoms with Gasteiger partial charge in [-0.2, -0.15) is 19.6 Å². The summed E-state index contributed by atoms with van der Waals surface area (Å²) in [6, 6.07) is 8.22. The Morgan fingerprint density at radius 3 is 2.68 bits per heavy atom. The standard InChI is InChI=1S/C31H41N7O3/c1-4-28(40)35-26-11-6-5-10-24(26)27(39)17-21-8-7-9-22(16-21)18-32-31-37-30(34-23-12-14-41-15-13-23)36-29-25(20(2)3)19-33-38(29)31/h4,7-9,16,19-20,23-24,26H,1,5-6,10-15,17-18H2,2-3H3,(H,35,40)(H2,32,34,36,37). The van der Waals surface area contributed by atoms with Crippen LogP contribution in [0.15, 0.2) is 43.1 Å². The van der Waals surface area contributed by atoms with Crippen LogP contribution >= 0.6 is 0 Å². The third kappa shape index (κ3) is 7.11. The molecule has 2 atom stereocenters. The molecule has 41 heavy (non-hydrogen) atoms. The van der Waals surface area contributed by atoms with Gasteiger partial charge in [0.2, 0.25) is 17.8 Å². The largest absolute Gasteiger partial charge is 0.381 e. The quantitative estimate of drug-likeness (QED) is 0.295. The molecule has 0 radical (unpaired) electrons. The van der Waals surface area contributed by atoms with Gasteiger partial charge in [0.25, 0.3) is 0 Å². The smallest absolute Gasteiger partial charge is 0.243 e. The summed E-state index contributed by atoms with van der Waals surface area (Å²) in [6.45, 7) is 9.80. The molecule has 1 saturated carbocycles. The third-order valence-electron chi connectivity index (χ3n) is 8.08. The minimum Gasteiger partial charge on any atom is -0.381 e. The van der Waals surface area contributed by atoms with Crippen molar-refractivity contribution in [3.05, 3.63) is 59.8 Å². The Labute approximate surface area is 241 Å². The van der Waals surface area contributed by atoms with Gasteiger partial charge in [-0.25, -0.2) is 0 Å². The number of benzene rings is 1. The van der Waals surface area contributed by atoms with Gasteiger partial charge < -0.3 is 20.7 Å². The number of hydrogen-bond donors (Lipinski definition) is 3. The van der Waals surface area contributed by atoms with Crippen LogP contribution in [0.25, 0.3) is 5.65 Å². The van der Waals surface area contributed by atoms with Crippen molar-refractivity contribution < 1.29 is 14.3 Å². The Balaban J connectivity index is 1.30. The van der Waals surface area contributed by atoms with Crippen molar-refractivity contribution in [1.82, 2.24) is 24.9 Å². The van der Waals surface area contributed by atoms with E-state index in [0.717, 1.165) is 74.1 Å². The summed E-state index contributed by atoms with van der Waals surface area (Å²) in [5, 5.41) is 14.5. The summed E-state index contributed by atoms with van der Waals surface area (Å²) in [7, 11) is 0. The minimum atomic E-state index is -0.217. The van der Waals surface area contributed by atoms with Gasteiger partial charge in [0.05, 0.1) is 6.20 Å². The molecular weight excluding hydrogens is 518 g/mol. The number of nitrogens with one attached hydrogen (secondary N) is 3. The lowest BCUT2D eigenvalue weighted by Gasteiger charge is -2.31. The zero-order valence-corrected chi connectivity index (χ0v) is 24.1. The molecule has 218 valence electrons. The van der Waals surface area contributed by atoms with Gasteiger partial charge in [0.1, 0.15) is 5.78 Å². The maximum Gasteiger partial charge on any atom is 0.243 e. The first-order valence-electron chi connectivity index (χ1n) is 14.8. The Kier molecular flexibility index (Phi) is 9.28. The van der Waals surface area contributed by atoms with Crippen molar-refractivity contribution in [3.63, 3.8) is 0 Å². The monoisotopic (exact) mass is 559 g/mol. The average molecular weight is 560 g/mol. The molecule has 0 bridgehead atoms. The number of hydrogen-bond acceptors (Lipinski definition) is 8. The summed E-state index contributed by atoms with van der Waals surface area (Å²) >= 11 is 0. The molecule has 3 heterocycles. The highest BCUT2D eigenvalue weighted by Crippen LogP contribution is 2.27. The molecule has 2 unspecified atom stereocenters. The van der Waals surface area contributed by atoms with E-state index in [-0.39, 0.29) is 35.6 Å². The van der Waals surface area contributed by atoms with E-state index >= 15 is 0 Å². The van der Waals surface area contributed by atoms with E-state index in [1.807, 2.05) is 24.4 Å². The van der Waals surface area contributed by atoms with Crippen molar-refractivity contribution in [2.45, 2.75) is 83.3 Å². The normalized spacial score (nSPS) is 19.7. The molecule has 1 aliphatic heterocycles. The molecule has 1 aromatic carbocycles. The number of carbonyl (C=O) groups is 2. The molecule has 2 fully saturated rings. The number of rotatable bonds is 11. The van der Waals surface area contributed by atoms with Gasteiger partial charge in [-0.15, -0.1) is 0 Å². The molecule has 1 aliphatic carbocycles. The highest BCUT2D eigenvalue weighted by Gasteiger charge is 2.31. The van der Waals surface area contributed by atoms with Gasteiger partial charge in [-0.1, -0.05) is 57.5 Å². The van der Waals surface area contributed by atoms with Crippen LogP contribution < -0.4 is 16.0 Å². The number of aromatic nitrogens is 4. The molecule has 0 spiro atoms. The third-order valence-corrected chi connectivity index (χ3v) is 8.08. The molecular formula is C31H41N7O3. The van der Waals surface area contributed by atoms with Crippen molar-refractivity contribution in [3.8, 4) is 0 Å². The van der Waals surface area contributed by atoms with Crippen LogP contribution in [-0.2, 0) is 27.3 Å². The molecule has 3 aromatic rings. The van der Waals surface area contributed by atoms with Crippen molar-refractivity contribution in [2.24, 2.45) is 5.92 Å². The van der Waals surface area contributed by atoms with Gasteiger partial charge in [0.15, 0.2) is 5.65 Å². The Hall–Kier alpha value is -3.79. The molecule has 2 aromatic heterocycles. The predicted octanol–water partition coefficient (Wildman–Crippen LogP) is 4.42. The second-order valence-electron chi connectivity index (χ2n) is 11.4. The van der Waals surface area contributed by atoms with Gasteiger partial charge in [-0.05, 0) is 48.8 Å². The lowest BCUT2D eigenvalue weighted by atomic mass is 9.80. The van der Waals surface area contributed by atoms with E-state index in [0.29, 0.717) is 24.9 Å². The molecule has 10 nitrogen and oxygen atoms in total. The number of nitrogens with zero attached hydrogens (tertiary/aromatic N) is 4. The maximum atomic E-state index is 13.3. The maximum absolute atomic E-state index is 13.3. The SMILES string of the molecule is C=CC(=O)NC1CCCCC1C(=O)Cc1cccc(CNc2nc(NC3CCOCC3)nc3c(C(C)C)cnn23)c1. The highest BCUT2D eigenvalue weighted by atomic mass is 16.5. The van der Waals surface area contributed by atoms with E-state index in [2.05, 4.69) is 47.5 Å². The lowest BCUT2D eigenvalue weighted by molar-refractivity contribution is -0.125. The predicted molar refractivity (Wildman–Crippen MR) is 159 cm³/mol.